The summed E-state index contributed by atoms with van der Waals surface area (Å²) in [5.41, 5.74) is 0. The van der Waals surface area contributed by atoms with Crippen LogP contribution in [0.2, 0.25) is 0 Å². The molecule has 0 bridgehead atoms. The van der Waals surface area contributed by atoms with E-state index in [1.807, 2.05) is 6.92 Å². The average Bonchev–Trinajstić information content (AvgIpc) is 2.43. The molecule has 0 aromatic rings. The molecule has 2 atom stereocenters. The Morgan fingerprint density at radius 3 is 2.23 bits per heavy atom. The van der Waals surface area contributed by atoms with E-state index in [2.05, 4.69) is 11.7 Å². The van der Waals surface area contributed by atoms with Gasteiger partial charge in [0.15, 0.2) is 5.25 Å². The third kappa shape index (κ3) is 9.78. The van der Waals surface area contributed by atoms with Gasteiger partial charge in [0.05, 0.1) is 20.1 Å². The van der Waals surface area contributed by atoms with E-state index in [1.165, 1.54) is 0 Å². The zero-order chi connectivity index (χ0) is 16.5. The minimum atomic E-state index is -4.95. The van der Waals surface area contributed by atoms with E-state index >= 15 is 0 Å². The summed E-state index contributed by atoms with van der Waals surface area (Å²) >= 11 is 0. The van der Waals surface area contributed by atoms with Crippen LogP contribution in [0.25, 0.3) is 0 Å². The molecule has 0 spiro atoms. The molecule has 2 unspecified atom stereocenters. The van der Waals surface area contributed by atoms with Crippen molar-refractivity contribution in [3.8, 4) is 0 Å². The smallest absolute Gasteiger partial charge is 0.747 e. The Morgan fingerprint density at radius 2 is 1.82 bits per heavy atom. The standard InChI is InChI=1S/C13H24O7S.Na/c1-4-6-7-10(5-2)9-20-12(14)8-11(13(15)19-3)21(16,17)18;/h10-11H,4-9H2,1-3H3,(H,16,17,18);/q;+1/p-1. The summed E-state index contributed by atoms with van der Waals surface area (Å²) in [5.74, 6) is -1.95. The Kier molecular flexibility index (Phi) is 13.5. The molecule has 22 heavy (non-hydrogen) atoms. The van der Waals surface area contributed by atoms with Gasteiger partial charge in [-0.15, -0.1) is 0 Å². The van der Waals surface area contributed by atoms with Crippen LogP contribution in [0.3, 0.4) is 0 Å². The molecule has 9 heteroatoms. The van der Waals surface area contributed by atoms with Crippen molar-refractivity contribution in [1.29, 1.82) is 0 Å². The van der Waals surface area contributed by atoms with Crippen molar-refractivity contribution in [1.82, 2.24) is 0 Å². The molecule has 0 aliphatic heterocycles. The van der Waals surface area contributed by atoms with Crippen molar-refractivity contribution in [2.45, 2.75) is 51.2 Å². The zero-order valence-electron chi connectivity index (χ0n) is 13.7. The first-order chi connectivity index (χ1) is 9.76. The minimum Gasteiger partial charge on any atom is -0.747 e. The molecule has 0 N–H and O–H groups in total. The van der Waals surface area contributed by atoms with Crippen molar-refractivity contribution in [3.63, 3.8) is 0 Å². The number of methoxy groups -OCH3 is 1. The average molecular weight is 346 g/mol. The number of unbranched alkanes of at least 4 members (excludes halogenated alkanes) is 1. The first-order valence-electron chi connectivity index (χ1n) is 6.94. The van der Waals surface area contributed by atoms with Gasteiger partial charge in [-0.3, -0.25) is 9.59 Å². The van der Waals surface area contributed by atoms with Crippen LogP contribution in [0.5, 0.6) is 0 Å². The fraction of sp³-hybridized carbons (Fsp3) is 0.846. The van der Waals surface area contributed by atoms with Crippen molar-refractivity contribution in [2.24, 2.45) is 5.92 Å². The molecule has 0 rings (SSSR count). The van der Waals surface area contributed by atoms with Crippen LogP contribution in [0.4, 0.5) is 0 Å². The molecule has 0 saturated heterocycles. The summed E-state index contributed by atoms with van der Waals surface area (Å²) in [7, 11) is -4.01. The molecular formula is C13H23NaO7S. The first-order valence-corrected chi connectivity index (χ1v) is 8.41. The number of carbonyl (C=O) groups is 2. The van der Waals surface area contributed by atoms with Crippen molar-refractivity contribution in [2.75, 3.05) is 13.7 Å². The maximum Gasteiger partial charge on any atom is 1.00 e. The van der Waals surface area contributed by atoms with Crippen molar-refractivity contribution >= 4 is 22.1 Å². The summed E-state index contributed by atoms with van der Waals surface area (Å²) in [6, 6.07) is 0. The van der Waals surface area contributed by atoms with Crippen LogP contribution in [0.1, 0.15) is 46.0 Å². The monoisotopic (exact) mass is 346 g/mol. The van der Waals surface area contributed by atoms with E-state index in [0.29, 0.717) is 0 Å². The molecule has 0 aliphatic rings. The van der Waals surface area contributed by atoms with E-state index in [-0.39, 0.29) is 42.1 Å². The van der Waals surface area contributed by atoms with Crippen LogP contribution in [-0.2, 0) is 29.2 Å². The molecule has 0 radical (unpaired) electrons. The number of carbonyl (C=O) groups excluding carboxylic acids is 2. The molecule has 0 fully saturated rings. The Bertz CT molecular complexity index is 436. The number of ether oxygens (including phenoxy) is 2. The van der Waals surface area contributed by atoms with Gasteiger partial charge < -0.3 is 14.0 Å². The Balaban J connectivity index is 0. The molecular weight excluding hydrogens is 323 g/mol. The predicted molar refractivity (Wildman–Crippen MR) is 74.4 cm³/mol. The van der Waals surface area contributed by atoms with Crippen LogP contribution in [0.15, 0.2) is 0 Å². The Labute approximate surface area is 154 Å². The third-order valence-corrected chi connectivity index (χ3v) is 4.24. The topological polar surface area (TPSA) is 110 Å². The second-order valence-corrected chi connectivity index (χ2v) is 6.36. The number of hydrogen-bond donors (Lipinski definition) is 0. The van der Waals surface area contributed by atoms with Gasteiger partial charge in [0, 0.05) is 0 Å². The SMILES string of the molecule is CCCCC(CC)COC(=O)CC(C(=O)OC)S(=O)(=O)[O-].[Na+]. The van der Waals surface area contributed by atoms with Gasteiger partial charge in [0.2, 0.25) is 0 Å². The summed E-state index contributed by atoms with van der Waals surface area (Å²) < 4.78 is 42.0. The maximum absolute atomic E-state index is 11.6. The number of esters is 2. The van der Waals surface area contributed by atoms with Gasteiger partial charge >= 0.3 is 41.5 Å². The minimum absolute atomic E-state index is 0. The van der Waals surface area contributed by atoms with Crippen LogP contribution in [-0.4, -0.2) is 43.9 Å². The molecule has 0 aliphatic carbocycles. The maximum atomic E-state index is 11.6. The van der Waals surface area contributed by atoms with Gasteiger partial charge in [-0.1, -0.05) is 33.1 Å². The molecule has 0 heterocycles. The van der Waals surface area contributed by atoms with Gasteiger partial charge in [-0.05, 0) is 12.3 Å². The van der Waals surface area contributed by atoms with Crippen LogP contribution < -0.4 is 29.6 Å². The van der Waals surface area contributed by atoms with Gasteiger partial charge in [-0.25, -0.2) is 8.42 Å². The summed E-state index contributed by atoms with van der Waals surface area (Å²) in [6.07, 6.45) is 2.95. The first kappa shape index (κ1) is 24.1. The molecule has 124 valence electrons. The van der Waals surface area contributed by atoms with Crippen LogP contribution in [0, 0.1) is 5.92 Å². The molecule has 0 aromatic heterocycles. The van der Waals surface area contributed by atoms with E-state index in [1.54, 1.807) is 0 Å². The van der Waals surface area contributed by atoms with E-state index < -0.39 is 33.7 Å². The molecule has 0 saturated carbocycles. The Morgan fingerprint density at radius 1 is 1.23 bits per heavy atom. The molecule has 0 amide bonds. The number of rotatable bonds is 10. The van der Waals surface area contributed by atoms with Gasteiger partial charge in [0.25, 0.3) is 0 Å². The van der Waals surface area contributed by atoms with Crippen molar-refractivity contribution < 1.29 is 61.6 Å². The van der Waals surface area contributed by atoms with Crippen molar-refractivity contribution in [3.05, 3.63) is 0 Å². The van der Waals surface area contributed by atoms with Gasteiger partial charge in [-0.2, -0.15) is 0 Å². The fourth-order valence-corrected chi connectivity index (χ4v) is 2.43. The van der Waals surface area contributed by atoms with Gasteiger partial charge in [0.1, 0.15) is 10.1 Å². The second kappa shape index (κ2) is 12.3. The van der Waals surface area contributed by atoms with E-state index in [9.17, 15) is 22.6 Å². The Hall–Kier alpha value is -0.150. The zero-order valence-corrected chi connectivity index (χ0v) is 16.5. The van der Waals surface area contributed by atoms with Crippen LogP contribution >= 0.6 is 0 Å². The normalized spacial score (nSPS) is 13.6. The quantitative estimate of drug-likeness (QED) is 0.261. The molecule has 7 nitrogen and oxygen atoms in total. The third-order valence-electron chi connectivity index (χ3n) is 3.19. The predicted octanol–water partition coefficient (Wildman–Crippen LogP) is -1.77. The summed E-state index contributed by atoms with van der Waals surface area (Å²) in [5, 5.41) is -2.05. The summed E-state index contributed by atoms with van der Waals surface area (Å²) in [6.45, 7) is 4.18. The second-order valence-electron chi connectivity index (χ2n) is 4.81. The summed E-state index contributed by atoms with van der Waals surface area (Å²) in [4.78, 5) is 22.8. The number of hydrogen-bond acceptors (Lipinski definition) is 7. The fourth-order valence-electron chi connectivity index (χ4n) is 1.75. The van der Waals surface area contributed by atoms with E-state index in [4.69, 9.17) is 4.74 Å². The largest absolute Gasteiger partial charge is 1.00 e. The molecule has 0 aromatic carbocycles. The van der Waals surface area contributed by atoms with E-state index in [0.717, 1.165) is 32.8 Å².